The van der Waals surface area contributed by atoms with Gasteiger partial charge in [0.25, 0.3) is 0 Å². The van der Waals surface area contributed by atoms with E-state index in [0.29, 0.717) is 30.1 Å². The van der Waals surface area contributed by atoms with Gasteiger partial charge < -0.3 is 14.4 Å². The third-order valence-electron chi connectivity index (χ3n) is 3.43. The van der Waals surface area contributed by atoms with Crippen LogP contribution in [0.3, 0.4) is 0 Å². The molecule has 0 aromatic carbocycles. The van der Waals surface area contributed by atoms with Gasteiger partial charge in [-0.1, -0.05) is 11.8 Å². The summed E-state index contributed by atoms with van der Waals surface area (Å²) >= 11 is 1.48. The van der Waals surface area contributed by atoms with Crippen molar-refractivity contribution in [3.8, 4) is 5.88 Å². The maximum absolute atomic E-state index is 12.2. The molecule has 23 heavy (non-hydrogen) atoms. The van der Waals surface area contributed by atoms with E-state index in [0.717, 1.165) is 19.4 Å². The summed E-state index contributed by atoms with van der Waals surface area (Å²) in [6.45, 7) is 7.60. The van der Waals surface area contributed by atoms with E-state index in [2.05, 4.69) is 9.97 Å². The van der Waals surface area contributed by atoms with E-state index < -0.39 is 5.60 Å². The second-order valence-electron chi connectivity index (χ2n) is 6.63. The van der Waals surface area contributed by atoms with Crippen LogP contribution in [-0.4, -0.2) is 52.5 Å². The number of hydrogen-bond donors (Lipinski definition) is 0. The van der Waals surface area contributed by atoms with Crippen molar-refractivity contribution >= 4 is 17.9 Å². The van der Waals surface area contributed by atoms with E-state index >= 15 is 0 Å². The summed E-state index contributed by atoms with van der Waals surface area (Å²) in [6.07, 6.45) is 5.39. The summed E-state index contributed by atoms with van der Waals surface area (Å²) in [5.41, 5.74) is -0.463. The molecule has 0 aliphatic carbocycles. The largest absolute Gasteiger partial charge is 0.477 e. The van der Waals surface area contributed by atoms with Crippen LogP contribution in [0.5, 0.6) is 5.88 Å². The lowest BCUT2D eigenvalue weighted by Crippen LogP contribution is -2.44. The average molecular weight is 339 g/mol. The molecule has 1 aromatic rings. The van der Waals surface area contributed by atoms with Crippen molar-refractivity contribution in [2.75, 3.05) is 26.0 Å². The van der Waals surface area contributed by atoms with Gasteiger partial charge in [-0.3, -0.25) is 0 Å². The van der Waals surface area contributed by atoms with E-state index in [9.17, 15) is 4.79 Å². The number of likely N-dealkylation sites (tertiary alicyclic amines) is 1. The topological polar surface area (TPSA) is 64.5 Å². The van der Waals surface area contributed by atoms with Gasteiger partial charge in [0.2, 0.25) is 5.88 Å². The predicted molar refractivity (Wildman–Crippen MR) is 89.8 cm³/mol. The Morgan fingerprint density at radius 2 is 2.26 bits per heavy atom. The number of aromatic nitrogens is 2. The van der Waals surface area contributed by atoms with Gasteiger partial charge in [0.15, 0.2) is 5.16 Å². The van der Waals surface area contributed by atoms with Crippen molar-refractivity contribution < 1.29 is 14.3 Å². The molecule has 1 atom stereocenters. The lowest BCUT2D eigenvalue weighted by atomic mass is 9.99. The van der Waals surface area contributed by atoms with Crippen molar-refractivity contribution in [2.45, 2.75) is 44.4 Å². The molecule has 0 N–H and O–H groups in total. The SMILES string of the molecule is CSc1nccc(OC[C@@H]2CCCN(C(=O)OC(C)(C)C)C2)n1. The average Bonchev–Trinajstić information content (AvgIpc) is 2.52. The first-order valence-electron chi connectivity index (χ1n) is 7.85. The van der Waals surface area contributed by atoms with Gasteiger partial charge in [0.1, 0.15) is 5.60 Å². The van der Waals surface area contributed by atoms with Gasteiger partial charge in [-0.2, -0.15) is 4.98 Å². The maximum Gasteiger partial charge on any atom is 0.410 e. The Hall–Kier alpha value is -1.50. The molecule has 0 radical (unpaired) electrons. The molecule has 0 saturated carbocycles. The zero-order valence-corrected chi connectivity index (χ0v) is 15.1. The third kappa shape index (κ3) is 5.89. The van der Waals surface area contributed by atoms with E-state index in [1.807, 2.05) is 27.0 Å². The van der Waals surface area contributed by atoms with Crippen LogP contribution >= 0.6 is 11.8 Å². The predicted octanol–water partition coefficient (Wildman–Crippen LogP) is 3.22. The molecule has 1 aliphatic heterocycles. The van der Waals surface area contributed by atoms with Crippen LogP contribution in [0.1, 0.15) is 33.6 Å². The summed E-state index contributed by atoms with van der Waals surface area (Å²) < 4.78 is 11.2. The second-order valence-corrected chi connectivity index (χ2v) is 7.40. The molecule has 2 heterocycles. The molecule has 1 amide bonds. The molecule has 7 heteroatoms. The highest BCUT2D eigenvalue weighted by Crippen LogP contribution is 2.21. The Labute approximate surface area is 142 Å². The first kappa shape index (κ1) is 17.8. The highest BCUT2D eigenvalue weighted by Gasteiger charge is 2.28. The monoisotopic (exact) mass is 339 g/mol. The molecule has 0 unspecified atom stereocenters. The summed E-state index contributed by atoms with van der Waals surface area (Å²) in [4.78, 5) is 22.4. The van der Waals surface area contributed by atoms with Crippen molar-refractivity contribution in [3.05, 3.63) is 12.3 Å². The van der Waals surface area contributed by atoms with E-state index in [1.165, 1.54) is 11.8 Å². The fraction of sp³-hybridized carbons (Fsp3) is 0.688. The summed E-state index contributed by atoms with van der Waals surface area (Å²) in [6, 6.07) is 1.76. The van der Waals surface area contributed by atoms with Crippen LogP contribution in [0.2, 0.25) is 0 Å². The number of carbonyl (C=O) groups is 1. The molecule has 1 aromatic heterocycles. The zero-order valence-electron chi connectivity index (χ0n) is 14.2. The van der Waals surface area contributed by atoms with Crippen LogP contribution in [0.25, 0.3) is 0 Å². The lowest BCUT2D eigenvalue weighted by molar-refractivity contribution is 0.0138. The maximum atomic E-state index is 12.2. The number of nitrogens with zero attached hydrogens (tertiary/aromatic N) is 3. The lowest BCUT2D eigenvalue weighted by Gasteiger charge is -2.33. The first-order chi connectivity index (χ1) is 10.9. The highest BCUT2D eigenvalue weighted by atomic mass is 32.2. The fourth-order valence-electron chi connectivity index (χ4n) is 2.40. The van der Waals surface area contributed by atoms with Crippen molar-refractivity contribution in [3.63, 3.8) is 0 Å². The molecule has 0 bridgehead atoms. The van der Waals surface area contributed by atoms with E-state index in [-0.39, 0.29) is 6.09 Å². The summed E-state index contributed by atoms with van der Waals surface area (Å²) in [5, 5.41) is 0.696. The van der Waals surface area contributed by atoms with Gasteiger partial charge in [0.05, 0.1) is 6.61 Å². The molecule has 1 fully saturated rings. The van der Waals surface area contributed by atoms with Gasteiger partial charge in [-0.05, 0) is 39.9 Å². The van der Waals surface area contributed by atoms with Gasteiger partial charge in [0, 0.05) is 31.3 Å². The summed E-state index contributed by atoms with van der Waals surface area (Å²) in [5.74, 6) is 0.878. The van der Waals surface area contributed by atoms with Crippen LogP contribution in [0, 0.1) is 5.92 Å². The Bertz CT molecular complexity index is 534. The Kier molecular flexibility index (Phi) is 6.10. The number of amides is 1. The van der Waals surface area contributed by atoms with Crippen LogP contribution in [-0.2, 0) is 4.74 Å². The Morgan fingerprint density at radius 3 is 2.96 bits per heavy atom. The van der Waals surface area contributed by atoms with Crippen molar-refractivity contribution in [1.29, 1.82) is 0 Å². The number of carbonyl (C=O) groups excluding carboxylic acids is 1. The smallest absolute Gasteiger partial charge is 0.410 e. The zero-order chi connectivity index (χ0) is 16.9. The van der Waals surface area contributed by atoms with Crippen molar-refractivity contribution in [1.82, 2.24) is 14.9 Å². The quantitative estimate of drug-likeness (QED) is 0.620. The van der Waals surface area contributed by atoms with Gasteiger partial charge in [-0.25, -0.2) is 9.78 Å². The number of rotatable bonds is 4. The molecular weight excluding hydrogens is 314 g/mol. The van der Waals surface area contributed by atoms with Crippen LogP contribution < -0.4 is 4.74 Å². The Morgan fingerprint density at radius 1 is 1.48 bits per heavy atom. The summed E-state index contributed by atoms with van der Waals surface area (Å²) in [7, 11) is 0. The number of hydrogen-bond acceptors (Lipinski definition) is 6. The molecule has 1 saturated heterocycles. The molecule has 1 aliphatic rings. The minimum atomic E-state index is -0.463. The van der Waals surface area contributed by atoms with Crippen LogP contribution in [0.15, 0.2) is 17.4 Å². The van der Waals surface area contributed by atoms with E-state index in [1.54, 1.807) is 17.2 Å². The molecule has 6 nitrogen and oxygen atoms in total. The molecule has 128 valence electrons. The van der Waals surface area contributed by atoms with Gasteiger partial charge in [-0.15, -0.1) is 0 Å². The fourth-order valence-corrected chi connectivity index (χ4v) is 2.75. The molecular formula is C16H25N3O3S. The minimum Gasteiger partial charge on any atom is -0.477 e. The highest BCUT2D eigenvalue weighted by molar-refractivity contribution is 7.98. The normalized spacial score (nSPS) is 18.6. The van der Waals surface area contributed by atoms with Crippen molar-refractivity contribution in [2.24, 2.45) is 5.92 Å². The number of ether oxygens (including phenoxy) is 2. The second kappa shape index (κ2) is 7.86. The third-order valence-corrected chi connectivity index (χ3v) is 3.99. The number of piperidine rings is 1. The molecule has 2 rings (SSSR count). The minimum absolute atomic E-state index is 0.242. The standard InChI is InChI=1S/C16H25N3O3S/c1-16(2,3)22-15(20)19-9-5-6-12(10-19)11-21-13-7-8-17-14(18-13)23-4/h7-8,12H,5-6,9-11H2,1-4H3/t12-/m1/s1. The van der Waals surface area contributed by atoms with Gasteiger partial charge >= 0.3 is 6.09 Å². The van der Waals surface area contributed by atoms with Crippen LogP contribution in [0.4, 0.5) is 4.79 Å². The Balaban J connectivity index is 1.85. The number of thioether (sulfide) groups is 1. The molecule has 0 spiro atoms. The van der Waals surface area contributed by atoms with E-state index in [4.69, 9.17) is 9.47 Å². The first-order valence-corrected chi connectivity index (χ1v) is 9.07.